The Labute approximate surface area is 182 Å². The zero-order chi connectivity index (χ0) is 22.1. The van der Waals surface area contributed by atoms with E-state index in [0.717, 1.165) is 11.8 Å². The molecule has 10 heteroatoms. The molecule has 0 spiro atoms. The van der Waals surface area contributed by atoms with E-state index in [4.69, 9.17) is 0 Å². The number of aliphatic hydroxyl groups is 1. The summed E-state index contributed by atoms with van der Waals surface area (Å²) in [5.41, 5.74) is 1.09. The molecule has 1 aromatic carbocycles. The van der Waals surface area contributed by atoms with Crippen LogP contribution in [0, 0.1) is 5.92 Å². The van der Waals surface area contributed by atoms with Crippen LogP contribution in [0.5, 0.6) is 0 Å². The number of anilines is 2. The lowest BCUT2D eigenvalue weighted by atomic mass is 10.0. The predicted octanol–water partition coefficient (Wildman–Crippen LogP) is 3.47. The number of aliphatic hydroxyl groups excluding tert-OH is 1. The molecule has 0 bridgehead atoms. The van der Waals surface area contributed by atoms with Crippen LogP contribution in [0.3, 0.4) is 0 Å². The summed E-state index contributed by atoms with van der Waals surface area (Å²) in [6, 6.07) is 9.64. The van der Waals surface area contributed by atoms with Gasteiger partial charge in [-0.3, -0.25) is 4.72 Å². The fourth-order valence-electron chi connectivity index (χ4n) is 2.81. The van der Waals surface area contributed by atoms with E-state index >= 15 is 0 Å². The van der Waals surface area contributed by atoms with Gasteiger partial charge < -0.3 is 10.4 Å². The van der Waals surface area contributed by atoms with Crippen LogP contribution in [0.15, 0.2) is 48.1 Å². The number of aromatic nitrogens is 3. The lowest BCUT2D eigenvalue weighted by molar-refractivity contribution is 0.259. The van der Waals surface area contributed by atoms with E-state index in [1.807, 2.05) is 36.4 Å². The van der Waals surface area contributed by atoms with Crippen LogP contribution in [-0.4, -0.2) is 47.4 Å². The number of allylic oxidation sites excluding steroid dienone is 1. The second-order valence-corrected chi connectivity index (χ2v) is 10.3. The molecule has 1 unspecified atom stereocenters. The van der Waals surface area contributed by atoms with Crippen LogP contribution in [-0.2, 0) is 10.0 Å². The monoisotopic (exact) mass is 451 g/mol. The number of nitrogens with one attached hydrogen (secondary N) is 2. The number of sulfonamides is 1. The first-order chi connectivity index (χ1) is 14.2. The molecule has 3 N–H and O–H groups in total. The lowest BCUT2D eigenvalue weighted by Gasteiger charge is -2.19. The molecule has 1 heterocycles. The molecule has 2 rings (SSSR count). The zero-order valence-electron chi connectivity index (χ0n) is 17.4. The molecule has 2 atom stereocenters. The molecule has 0 fully saturated rings. The molecule has 0 aliphatic carbocycles. The van der Waals surface area contributed by atoms with Gasteiger partial charge in [0.25, 0.3) is 0 Å². The number of hydrogen-bond donors (Lipinski definition) is 3. The maximum atomic E-state index is 11.7. The Bertz CT molecular complexity index is 923. The quantitative estimate of drug-likeness (QED) is 0.332. The van der Waals surface area contributed by atoms with E-state index in [1.165, 1.54) is 11.8 Å². The first-order valence-electron chi connectivity index (χ1n) is 9.64. The molecule has 2 aromatic rings. The van der Waals surface area contributed by atoms with Gasteiger partial charge in [0.2, 0.25) is 21.9 Å². The van der Waals surface area contributed by atoms with E-state index in [2.05, 4.69) is 45.4 Å². The number of thioether (sulfide) groups is 1. The standard InChI is InChI=1S/C20H29N5O3S2/c1-5-9-17(15-10-7-6-8-11-15)29-20-23-18(21-16(13-26)12-14(2)3)22-19(24-20)25-30(4,27)28/h5-8,10-11,14,16-17,26H,1,9,12-13H2,2-4H3,(H2,21,22,23,24,25)/t16-,17?/m1/s1. The van der Waals surface area contributed by atoms with E-state index < -0.39 is 10.0 Å². The maximum Gasteiger partial charge on any atom is 0.242 e. The summed E-state index contributed by atoms with van der Waals surface area (Å²) < 4.78 is 25.7. The topological polar surface area (TPSA) is 117 Å². The number of hydrogen-bond acceptors (Lipinski definition) is 8. The van der Waals surface area contributed by atoms with Crippen LogP contribution < -0.4 is 10.0 Å². The van der Waals surface area contributed by atoms with Crippen molar-refractivity contribution in [1.82, 2.24) is 15.0 Å². The molecule has 30 heavy (non-hydrogen) atoms. The molecule has 0 amide bonds. The van der Waals surface area contributed by atoms with Crippen molar-refractivity contribution in [3.05, 3.63) is 48.6 Å². The summed E-state index contributed by atoms with van der Waals surface area (Å²) in [6.45, 7) is 7.84. The molecule has 0 aliphatic heterocycles. The summed E-state index contributed by atoms with van der Waals surface area (Å²) in [5.74, 6) is 0.502. The first kappa shape index (κ1) is 24.1. The van der Waals surface area contributed by atoms with E-state index in [9.17, 15) is 13.5 Å². The highest BCUT2D eigenvalue weighted by Crippen LogP contribution is 2.36. The first-order valence-corrected chi connectivity index (χ1v) is 12.4. The predicted molar refractivity (Wildman–Crippen MR) is 122 cm³/mol. The minimum atomic E-state index is -3.56. The Morgan fingerprint density at radius 3 is 2.40 bits per heavy atom. The normalized spacial score (nSPS) is 13.6. The van der Waals surface area contributed by atoms with Crippen molar-refractivity contribution in [2.75, 3.05) is 22.9 Å². The third-order valence-electron chi connectivity index (χ3n) is 4.00. The largest absolute Gasteiger partial charge is 0.394 e. The second-order valence-electron chi connectivity index (χ2n) is 7.33. The summed E-state index contributed by atoms with van der Waals surface area (Å²) >= 11 is 1.40. The van der Waals surface area contributed by atoms with Gasteiger partial charge in [0.15, 0.2) is 5.16 Å². The lowest BCUT2D eigenvalue weighted by Crippen LogP contribution is -2.27. The fourth-order valence-corrected chi connectivity index (χ4v) is 4.30. The van der Waals surface area contributed by atoms with Crippen LogP contribution in [0.25, 0.3) is 0 Å². The number of rotatable bonds is 12. The van der Waals surface area contributed by atoms with Crippen molar-refractivity contribution in [3.8, 4) is 0 Å². The van der Waals surface area contributed by atoms with Crippen molar-refractivity contribution < 1.29 is 13.5 Å². The zero-order valence-corrected chi connectivity index (χ0v) is 19.1. The van der Waals surface area contributed by atoms with Gasteiger partial charge in [0.05, 0.1) is 18.9 Å². The van der Waals surface area contributed by atoms with Crippen LogP contribution in [0.1, 0.15) is 37.5 Å². The molecule has 1 aromatic heterocycles. The summed E-state index contributed by atoms with van der Waals surface area (Å²) in [6.07, 6.45) is 4.26. The second kappa shape index (κ2) is 11.3. The molecule has 0 saturated heterocycles. The molecular formula is C20H29N5O3S2. The van der Waals surface area contributed by atoms with E-state index in [0.29, 0.717) is 23.9 Å². The van der Waals surface area contributed by atoms with Crippen molar-refractivity contribution in [3.63, 3.8) is 0 Å². The molecule has 0 aliphatic rings. The average Bonchev–Trinajstić information content (AvgIpc) is 2.66. The Morgan fingerprint density at radius 2 is 1.83 bits per heavy atom. The number of nitrogens with zero attached hydrogens (tertiary/aromatic N) is 3. The minimum Gasteiger partial charge on any atom is -0.394 e. The van der Waals surface area contributed by atoms with Gasteiger partial charge in [-0.1, -0.05) is 62.0 Å². The van der Waals surface area contributed by atoms with E-state index in [-0.39, 0.29) is 29.8 Å². The summed E-state index contributed by atoms with van der Waals surface area (Å²) in [5, 5.41) is 13.1. The van der Waals surface area contributed by atoms with Crippen LogP contribution in [0.2, 0.25) is 0 Å². The van der Waals surface area contributed by atoms with Gasteiger partial charge in [-0.25, -0.2) is 8.42 Å². The Morgan fingerprint density at radius 1 is 1.17 bits per heavy atom. The average molecular weight is 452 g/mol. The van der Waals surface area contributed by atoms with Gasteiger partial charge in [-0.15, -0.1) is 6.58 Å². The van der Waals surface area contributed by atoms with Crippen LogP contribution >= 0.6 is 11.8 Å². The summed E-state index contributed by atoms with van der Waals surface area (Å²) in [4.78, 5) is 12.9. The highest BCUT2D eigenvalue weighted by molar-refractivity contribution is 7.99. The van der Waals surface area contributed by atoms with Crippen molar-refractivity contribution >= 4 is 33.7 Å². The highest BCUT2D eigenvalue weighted by atomic mass is 32.2. The Hall–Kier alpha value is -2.17. The van der Waals surface area contributed by atoms with Crippen molar-refractivity contribution in [1.29, 1.82) is 0 Å². The van der Waals surface area contributed by atoms with Gasteiger partial charge in [-0.2, -0.15) is 15.0 Å². The Kier molecular flexibility index (Phi) is 9.07. The van der Waals surface area contributed by atoms with Gasteiger partial charge >= 0.3 is 0 Å². The molecular weight excluding hydrogens is 422 g/mol. The smallest absolute Gasteiger partial charge is 0.242 e. The Balaban J connectivity index is 2.36. The van der Waals surface area contributed by atoms with Crippen LogP contribution in [0.4, 0.5) is 11.9 Å². The number of benzene rings is 1. The SMILES string of the molecule is C=CCC(Sc1nc(N[C@@H](CO)CC(C)C)nc(NS(C)(=O)=O)n1)c1ccccc1. The fraction of sp³-hybridized carbons (Fsp3) is 0.450. The molecule has 164 valence electrons. The van der Waals surface area contributed by atoms with Crippen molar-refractivity contribution in [2.45, 2.75) is 43.1 Å². The maximum absolute atomic E-state index is 11.7. The third-order valence-corrected chi connectivity index (χ3v) is 5.70. The van der Waals surface area contributed by atoms with Gasteiger partial charge in [0.1, 0.15) is 0 Å². The molecule has 0 radical (unpaired) electrons. The highest BCUT2D eigenvalue weighted by Gasteiger charge is 2.18. The minimum absolute atomic E-state index is 0.00864. The van der Waals surface area contributed by atoms with E-state index in [1.54, 1.807) is 0 Å². The molecule has 0 saturated carbocycles. The van der Waals surface area contributed by atoms with Gasteiger partial charge in [0, 0.05) is 5.25 Å². The molecule has 8 nitrogen and oxygen atoms in total. The third kappa shape index (κ3) is 8.29. The van der Waals surface area contributed by atoms with Gasteiger partial charge in [-0.05, 0) is 24.3 Å². The van der Waals surface area contributed by atoms with Crippen molar-refractivity contribution in [2.24, 2.45) is 5.92 Å². The summed E-state index contributed by atoms with van der Waals surface area (Å²) in [7, 11) is -3.56.